The summed E-state index contributed by atoms with van der Waals surface area (Å²) in [6.07, 6.45) is -0.529. The van der Waals surface area contributed by atoms with Gasteiger partial charge in [-0.2, -0.15) is 0 Å². The fourth-order valence-electron chi connectivity index (χ4n) is 3.14. The van der Waals surface area contributed by atoms with Gasteiger partial charge in [0.1, 0.15) is 5.75 Å². The Kier molecular flexibility index (Phi) is 9.27. The van der Waals surface area contributed by atoms with Crippen molar-refractivity contribution in [3.05, 3.63) is 78.4 Å². The quantitative estimate of drug-likeness (QED) is 0.310. The molecule has 0 heterocycles. The summed E-state index contributed by atoms with van der Waals surface area (Å²) in [4.78, 5) is 36.7. The Labute approximate surface area is 210 Å². The molecule has 3 aromatic carbocycles. The SMILES string of the molecule is COc1ccccc1NC(=O)c1ccc(NC(=O)CNc2cccc(NC(=O)OCC(C)C)c2)cc1. The summed E-state index contributed by atoms with van der Waals surface area (Å²) in [6.45, 7) is 4.25. The van der Waals surface area contributed by atoms with E-state index in [0.29, 0.717) is 40.7 Å². The topological polar surface area (TPSA) is 118 Å². The van der Waals surface area contributed by atoms with Crippen LogP contribution < -0.4 is 26.0 Å². The van der Waals surface area contributed by atoms with Gasteiger partial charge in [-0.1, -0.05) is 32.0 Å². The van der Waals surface area contributed by atoms with Crippen LogP contribution in [0.5, 0.6) is 5.75 Å². The monoisotopic (exact) mass is 490 g/mol. The van der Waals surface area contributed by atoms with Crippen molar-refractivity contribution in [1.29, 1.82) is 0 Å². The molecule has 0 spiro atoms. The van der Waals surface area contributed by atoms with Gasteiger partial charge in [-0.25, -0.2) is 4.79 Å². The molecule has 3 amide bonds. The molecule has 0 bridgehead atoms. The van der Waals surface area contributed by atoms with Gasteiger partial charge in [0.2, 0.25) is 5.91 Å². The van der Waals surface area contributed by atoms with Crippen LogP contribution in [-0.2, 0) is 9.53 Å². The number of para-hydroxylation sites is 2. The van der Waals surface area contributed by atoms with Gasteiger partial charge in [-0.15, -0.1) is 0 Å². The van der Waals surface area contributed by atoms with E-state index in [1.165, 1.54) is 7.11 Å². The Morgan fingerprint density at radius 2 is 1.53 bits per heavy atom. The van der Waals surface area contributed by atoms with Crippen LogP contribution in [0.25, 0.3) is 0 Å². The first-order valence-corrected chi connectivity index (χ1v) is 11.5. The second kappa shape index (κ2) is 12.8. The molecule has 0 aliphatic carbocycles. The van der Waals surface area contributed by atoms with Crippen molar-refractivity contribution in [3.8, 4) is 5.75 Å². The van der Waals surface area contributed by atoms with Gasteiger partial charge >= 0.3 is 6.09 Å². The van der Waals surface area contributed by atoms with Crippen molar-refractivity contribution < 1.29 is 23.9 Å². The molecule has 36 heavy (non-hydrogen) atoms. The first-order chi connectivity index (χ1) is 17.3. The van der Waals surface area contributed by atoms with Gasteiger partial charge in [0.05, 0.1) is 25.9 Å². The third kappa shape index (κ3) is 8.05. The van der Waals surface area contributed by atoms with Gasteiger partial charge < -0.3 is 25.4 Å². The Balaban J connectivity index is 1.49. The molecule has 0 saturated carbocycles. The molecule has 0 saturated heterocycles. The third-order valence-electron chi connectivity index (χ3n) is 4.90. The van der Waals surface area contributed by atoms with E-state index >= 15 is 0 Å². The number of benzene rings is 3. The van der Waals surface area contributed by atoms with Crippen molar-refractivity contribution in [2.24, 2.45) is 5.92 Å². The normalized spacial score (nSPS) is 10.3. The highest BCUT2D eigenvalue weighted by Crippen LogP contribution is 2.24. The molecule has 9 heteroatoms. The number of rotatable bonds is 10. The molecule has 0 unspecified atom stereocenters. The lowest BCUT2D eigenvalue weighted by Crippen LogP contribution is -2.22. The number of methoxy groups -OCH3 is 1. The predicted molar refractivity (Wildman–Crippen MR) is 141 cm³/mol. The zero-order valence-electron chi connectivity index (χ0n) is 20.5. The molecule has 0 atom stereocenters. The van der Waals surface area contributed by atoms with E-state index in [2.05, 4.69) is 21.3 Å². The van der Waals surface area contributed by atoms with Gasteiger partial charge in [-0.05, 0) is 60.5 Å². The summed E-state index contributed by atoms with van der Waals surface area (Å²) < 4.78 is 10.4. The molecular weight excluding hydrogens is 460 g/mol. The zero-order chi connectivity index (χ0) is 25.9. The molecule has 9 nitrogen and oxygen atoms in total. The minimum Gasteiger partial charge on any atom is -0.495 e. The van der Waals surface area contributed by atoms with Crippen molar-refractivity contribution >= 4 is 40.7 Å². The molecular formula is C27H30N4O5. The summed E-state index contributed by atoms with van der Waals surface area (Å²) in [6, 6.07) is 20.7. The van der Waals surface area contributed by atoms with E-state index in [4.69, 9.17) is 9.47 Å². The van der Waals surface area contributed by atoms with E-state index in [9.17, 15) is 14.4 Å². The Morgan fingerprint density at radius 3 is 2.25 bits per heavy atom. The van der Waals surface area contributed by atoms with Crippen molar-refractivity contribution in [1.82, 2.24) is 0 Å². The number of carbonyl (C=O) groups excluding carboxylic acids is 3. The van der Waals surface area contributed by atoms with E-state index < -0.39 is 6.09 Å². The van der Waals surface area contributed by atoms with Gasteiger partial charge in [-0.3, -0.25) is 14.9 Å². The van der Waals surface area contributed by atoms with Crippen molar-refractivity contribution in [3.63, 3.8) is 0 Å². The smallest absolute Gasteiger partial charge is 0.411 e. The first kappa shape index (κ1) is 26.1. The largest absolute Gasteiger partial charge is 0.495 e. The second-order valence-corrected chi connectivity index (χ2v) is 8.33. The van der Waals surface area contributed by atoms with Crippen LogP contribution in [-0.4, -0.2) is 38.2 Å². The lowest BCUT2D eigenvalue weighted by molar-refractivity contribution is -0.114. The third-order valence-corrected chi connectivity index (χ3v) is 4.90. The maximum atomic E-state index is 12.5. The maximum absolute atomic E-state index is 12.5. The first-order valence-electron chi connectivity index (χ1n) is 11.5. The second-order valence-electron chi connectivity index (χ2n) is 8.33. The van der Waals surface area contributed by atoms with Crippen molar-refractivity contribution in [2.75, 3.05) is 41.5 Å². The van der Waals surface area contributed by atoms with Crippen LogP contribution in [0.15, 0.2) is 72.8 Å². The molecule has 3 rings (SSSR count). The van der Waals surface area contributed by atoms with Gasteiger partial charge in [0, 0.05) is 22.6 Å². The Bertz CT molecular complexity index is 1190. The number of nitrogens with one attached hydrogen (secondary N) is 4. The van der Waals surface area contributed by atoms with Crippen LogP contribution in [0.4, 0.5) is 27.5 Å². The van der Waals surface area contributed by atoms with Crippen LogP contribution in [0.3, 0.4) is 0 Å². The Morgan fingerprint density at radius 1 is 0.806 bits per heavy atom. The van der Waals surface area contributed by atoms with Gasteiger partial charge in [0.15, 0.2) is 0 Å². The van der Waals surface area contributed by atoms with E-state index in [0.717, 1.165) is 0 Å². The highest BCUT2D eigenvalue weighted by molar-refractivity contribution is 6.05. The van der Waals surface area contributed by atoms with E-state index in [1.54, 1.807) is 66.7 Å². The molecule has 0 radical (unpaired) electrons. The lowest BCUT2D eigenvalue weighted by Gasteiger charge is -2.12. The zero-order valence-corrected chi connectivity index (χ0v) is 20.5. The maximum Gasteiger partial charge on any atom is 0.411 e. The predicted octanol–water partition coefficient (Wildman–Crippen LogP) is 5.20. The summed E-state index contributed by atoms with van der Waals surface area (Å²) in [5.74, 6) is 0.250. The summed E-state index contributed by atoms with van der Waals surface area (Å²) in [5, 5.41) is 11.3. The highest BCUT2D eigenvalue weighted by atomic mass is 16.5. The number of amides is 3. The average molecular weight is 491 g/mol. The minimum absolute atomic E-state index is 0.0112. The molecule has 0 aromatic heterocycles. The van der Waals surface area contributed by atoms with Crippen LogP contribution in [0, 0.1) is 5.92 Å². The highest BCUT2D eigenvalue weighted by Gasteiger charge is 2.10. The summed E-state index contributed by atoms with van der Waals surface area (Å²) >= 11 is 0. The minimum atomic E-state index is -0.529. The number of anilines is 4. The van der Waals surface area contributed by atoms with E-state index in [1.807, 2.05) is 19.9 Å². The summed E-state index contributed by atoms with van der Waals surface area (Å²) in [7, 11) is 1.54. The number of hydrogen-bond acceptors (Lipinski definition) is 6. The number of carbonyl (C=O) groups is 3. The lowest BCUT2D eigenvalue weighted by atomic mass is 10.2. The number of hydrogen-bond donors (Lipinski definition) is 4. The molecule has 0 fully saturated rings. The van der Waals surface area contributed by atoms with Crippen molar-refractivity contribution in [2.45, 2.75) is 13.8 Å². The van der Waals surface area contributed by atoms with E-state index in [-0.39, 0.29) is 24.3 Å². The van der Waals surface area contributed by atoms with Gasteiger partial charge in [0.25, 0.3) is 5.91 Å². The fourth-order valence-corrected chi connectivity index (χ4v) is 3.14. The summed E-state index contributed by atoms with van der Waals surface area (Å²) in [5.41, 5.74) is 2.78. The fraction of sp³-hybridized carbons (Fsp3) is 0.222. The molecule has 4 N–H and O–H groups in total. The molecule has 0 aliphatic rings. The molecule has 188 valence electrons. The standard InChI is InChI=1S/C27H30N4O5/c1-18(2)17-36-27(34)30-22-8-6-7-21(15-22)28-16-25(32)29-20-13-11-19(12-14-20)26(33)31-23-9-4-5-10-24(23)35-3/h4-15,18,28H,16-17H2,1-3H3,(H,29,32)(H,30,34)(H,31,33). The molecule has 3 aromatic rings. The number of ether oxygens (including phenoxy) is 2. The molecule has 0 aliphatic heterocycles. The Hall–Kier alpha value is -4.53. The van der Waals surface area contributed by atoms with Crippen LogP contribution >= 0.6 is 0 Å². The van der Waals surface area contributed by atoms with Crippen LogP contribution in [0.2, 0.25) is 0 Å². The average Bonchev–Trinajstić information content (AvgIpc) is 2.87. The van der Waals surface area contributed by atoms with Crippen LogP contribution in [0.1, 0.15) is 24.2 Å².